The summed E-state index contributed by atoms with van der Waals surface area (Å²) in [6.07, 6.45) is -27.6. The van der Waals surface area contributed by atoms with Crippen LogP contribution in [0.3, 0.4) is 0 Å². The van der Waals surface area contributed by atoms with Gasteiger partial charge in [-0.15, -0.1) is 0 Å². The molecule has 7 aliphatic heterocycles. The summed E-state index contributed by atoms with van der Waals surface area (Å²) in [5.41, 5.74) is -20.0. The Labute approximate surface area is 545 Å². The van der Waals surface area contributed by atoms with Gasteiger partial charge in [-0.05, 0) is 35.9 Å². The second-order valence-electron chi connectivity index (χ2n) is 23.0. The van der Waals surface area contributed by atoms with E-state index in [1.807, 2.05) is 0 Å². The summed E-state index contributed by atoms with van der Waals surface area (Å²) in [4.78, 5) is 92.6. The largest absolute Gasteiger partial charge is 0.507 e. The number of aliphatic hydroxyl groups excluding tert-OH is 4. The summed E-state index contributed by atoms with van der Waals surface area (Å²) >= 11 is 0. The summed E-state index contributed by atoms with van der Waals surface area (Å²) < 4.78 is 47.5. The van der Waals surface area contributed by atoms with Gasteiger partial charge in [0, 0.05) is 50.6 Å². The third-order valence-corrected chi connectivity index (χ3v) is 17.6. The number of aliphatic hydroxyl groups is 4. The smallest absolute Gasteiger partial charge is 0.340 e. The van der Waals surface area contributed by atoms with E-state index in [2.05, 4.69) is 0 Å². The number of hydrogen-bond acceptors (Lipinski definition) is 37. The number of Topliss-reactive ketones (excluding diaryl/α,β-unsaturated/α-hetero) is 1. The molecule has 14 rings (SSSR count). The van der Waals surface area contributed by atoms with E-state index >= 15 is 24.0 Å². The molecule has 7 heterocycles. The minimum atomic E-state index is -3.20. The lowest BCUT2D eigenvalue weighted by atomic mass is 9.73. The SMILES string of the molecule is O=C1OC[C@H]2OC(=O)c3cc(O)c(O)c(O)c3-c3c(O)c(O)c(O)c4c3C(=O)O[C@H]([C@H]3OC(=O)c5c-4c(O)c(O)c(O)c5[C@@H]3c3c(O)cc(O)c4c3O[C@@H](c3ccc(O)c(O)c3)[C@H](O[C@@H]3O[C@H](CO)[C@@H](O)[C@H](O)[C@H]3O)C4=O)[C@@H]2OC(=O)c2cc(O)c(O)c(O)c2-c2c1cc(O)c(O)c2O. The van der Waals surface area contributed by atoms with Crippen molar-refractivity contribution in [2.45, 2.75) is 73.2 Å². The summed E-state index contributed by atoms with van der Waals surface area (Å²) in [6, 6.07) is 3.60. The van der Waals surface area contributed by atoms with Crippen LogP contribution < -0.4 is 4.74 Å². The fraction of sp³-hybridized carbons (Fsp3) is 0.226. The zero-order chi connectivity index (χ0) is 71.6. The van der Waals surface area contributed by atoms with Crippen LogP contribution in [-0.4, -0.2) is 228 Å². The molecule has 0 aromatic heterocycles. The van der Waals surface area contributed by atoms with Crippen molar-refractivity contribution in [3.63, 3.8) is 0 Å². The second-order valence-corrected chi connectivity index (χ2v) is 23.0. The predicted molar refractivity (Wildman–Crippen MR) is 309 cm³/mol. The average molecular weight is 1380 g/mol. The minimum absolute atomic E-state index is 0.236. The highest BCUT2D eigenvalue weighted by atomic mass is 16.7. The molecule has 1 fully saturated rings. The Morgan fingerprint density at radius 3 is 1.43 bits per heavy atom. The minimum Gasteiger partial charge on any atom is -0.507 e. The molecule has 23 N–H and O–H groups in total. The molecule has 6 bridgehead atoms. The molecule has 1 saturated heterocycles. The van der Waals surface area contributed by atoms with Gasteiger partial charge in [0.15, 0.2) is 112 Å². The van der Waals surface area contributed by atoms with Gasteiger partial charge in [-0.3, -0.25) is 4.79 Å². The van der Waals surface area contributed by atoms with Gasteiger partial charge < -0.3 is 155 Å². The van der Waals surface area contributed by atoms with E-state index in [4.69, 9.17) is 37.9 Å². The fourth-order valence-electron chi connectivity index (χ4n) is 12.9. The summed E-state index contributed by atoms with van der Waals surface area (Å²) in [7, 11) is 0. The van der Waals surface area contributed by atoms with E-state index in [0.29, 0.717) is 12.1 Å². The molecule has 37 heteroatoms. The van der Waals surface area contributed by atoms with Gasteiger partial charge in [-0.25, -0.2) is 24.0 Å². The molecule has 0 aliphatic carbocycles. The number of rotatable bonds is 5. The molecule has 0 spiro atoms. The fourth-order valence-corrected chi connectivity index (χ4v) is 12.9. The highest BCUT2D eigenvalue weighted by Gasteiger charge is 2.59. The molecule has 516 valence electrons. The van der Waals surface area contributed by atoms with E-state index in [9.17, 15) is 122 Å². The Morgan fingerprint density at radius 1 is 0.384 bits per heavy atom. The van der Waals surface area contributed by atoms with Crippen LogP contribution in [-0.2, 0) is 33.2 Å². The lowest BCUT2D eigenvalue weighted by Crippen LogP contribution is -2.60. The van der Waals surface area contributed by atoms with E-state index in [1.54, 1.807) is 0 Å². The van der Waals surface area contributed by atoms with E-state index < -0.39 is 321 Å². The third-order valence-electron chi connectivity index (χ3n) is 17.6. The molecule has 0 unspecified atom stereocenters. The summed E-state index contributed by atoms with van der Waals surface area (Å²) in [6.45, 7) is -2.82. The number of aromatic hydroxyl groups is 19. The van der Waals surface area contributed by atoms with Crippen molar-refractivity contribution in [2.75, 3.05) is 13.2 Å². The number of ketones is 1. The lowest BCUT2D eigenvalue weighted by molar-refractivity contribution is -0.311. The van der Waals surface area contributed by atoms with Gasteiger partial charge in [0.05, 0.1) is 40.3 Å². The first-order valence-electron chi connectivity index (χ1n) is 28.5. The predicted octanol–water partition coefficient (Wildman–Crippen LogP) is 0.740. The zero-order valence-electron chi connectivity index (χ0n) is 48.9. The van der Waals surface area contributed by atoms with Crippen LogP contribution in [0.1, 0.15) is 90.9 Å². The first-order chi connectivity index (χ1) is 46.7. The van der Waals surface area contributed by atoms with Gasteiger partial charge in [-0.1, -0.05) is 6.07 Å². The standard InChI is InChI=1S/C62H46O37/c63-8-21-38(74)47(83)50(86)62(94-21)99-55-46(82)27-17(67)7-16(66)26(53(27)95-51(55)10-1-2-14(64)15(65)3-10)32-31-34-30(44(80)49(85)45(31)81)29-33-28(42(78)48(84)43(29)79)25-13(6-20(70)37(73)41(25)77)58(88)93-22-9-92-57(87)11-4-18(68)35(71)39(75)23(11)24-12(5-19(69)36(72)40(24)76)59(89)96-52(22)56(98-61(33)91)54(32)97-60(34)90/h1-7,21-22,32,38,47,50-52,54-56,62-81,83-86H,8-9H2/t21-,22-,32+,38-,47+,50-,51+,52-,54+,55-,56+,62+/m1/s1. The van der Waals surface area contributed by atoms with Crippen molar-refractivity contribution >= 4 is 35.6 Å². The highest BCUT2D eigenvalue weighted by Crippen LogP contribution is 2.65. The van der Waals surface area contributed by atoms with E-state index in [-0.39, 0.29) is 12.1 Å². The number of benzene rings is 7. The topological polar surface area (TPSA) is 642 Å². The van der Waals surface area contributed by atoms with Gasteiger partial charge in [0.1, 0.15) is 53.8 Å². The molecular formula is C62H46O37. The van der Waals surface area contributed by atoms with Crippen LogP contribution >= 0.6 is 0 Å². The molecule has 0 amide bonds. The molecule has 37 nitrogen and oxygen atoms in total. The van der Waals surface area contributed by atoms with Crippen LogP contribution in [0.5, 0.6) is 115 Å². The number of esters is 5. The van der Waals surface area contributed by atoms with E-state index in [1.165, 1.54) is 0 Å². The summed E-state index contributed by atoms with van der Waals surface area (Å²) in [5, 5.41) is 262. The Kier molecular flexibility index (Phi) is 14.9. The monoisotopic (exact) mass is 1380 g/mol. The number of phenols is 19. The van der Waals surface area contributed by atoms with Crippen molar-refractivity contribution in [1.29, 1.82) is 0 Å². The Morgan fingerprint density at radius 2 is 0.869 bits per heavy atom. The lowest BCUT2D eigenvalue weighted by Gasteiger charge is -2.44. The van der Waals surface area contributed by atoms with Crippen molar-refractivity contribution < 1.29 is 184 Å². The van der Waals surface area contributed by atoms with Gasteiger partial charge in [0.25, 0.3) is 0 Å². The third kappa shape index (κ3) is 9.38. The molecule has 99 heavy (non-hydrogen) atoms. The first-order valence-corrected chi connectivity index (χ1v) is 28.5. The number of carbonyl (C=O) groups is 6. The number of fused-ring (bicyclic) bond motifs is 8. The maximum atomic E-state index is 16.1. The van der Waals surface area contributed by atoms with E-state index in [0.717, 1.165) is 18.2 Å². The number of hydrogen-bond donors (Lipinski definition) is 23. The van der Waals surface area contributed by atoms with Gasteiger partial charge in [-0.2, -0.15) is 0 Å². The molecule has 0 radical (unpaired) electrons. The van der Waals surface area contributed by atoms with Crippen LogP contribution in [0.4, 0.5) is 0 Å². The number of ether oxygens (including phenoxy) is 8. The number of phenolic OH excluding ortho intramolecular Hbond substituents is 19. The molecule has 12 atom stereocenters. The van der Waals surface area contributed by atoms with Gasteiger partial charge in [0.2, 0.25) is 34.5 Å². The molecule has 7 aliphatic rings. The summed E-state index contributed by atoms with van der Waals surface area (Å²) in [5.74, 6) is -45.7. The number of carbonyl (C=O) groups excluding carboxylic acids is 6. The van der Waals surface area contributed by atoms with Crippen molar-refractivity contribution in [3.05, 3.63) is 92.5 Å². The maximum absolute atomic E-state index is 16.1. The Hall–Kier alpha value is -12.7. The Bertz CT molecular complexity index is 4800. The number of cyclic esters (lactones) is 1. The molecule has 0 saturated carbocycles. The van der Waals surface area contributed by atoms with Crippen molar-refractivity contribution in [2.24, 2.45) is 0 Å². The van der Waals surface area contributed by atoms with Crippen molar-refractivity contribution in [1.82, 2.24) is 0 Å². The molecule has 7 aromatic carbocycles. The Balaban J connectivity index is 1.16. The zero-order valence-corrected chi connectivity index (χ0v) is 48.9. The van der Waals surface area contributed by atoms with Crippen LogP contribution in [0.25, 0.3) is 33.4 Å². The molecular weight excluding hydrogens is 1340 g/mol. The average Bonchev–Trinajstić information content (AvgIpc) is 1.32. The highest BCUT2D eigenvalue weighted by molar-refractivity contribution is 6.17. The normalized spacial score (nSPS) is 24.5. The maximum Gasteiger partial charge on any atom is 0.340 e. The quantitative estimate of drug-likeness (QED) is 0.0642. The van der Waals surface area contributed by atoms with Crippen LogP contribution in [0.15, 0.2) is 42.5 Å². The van der Waals surface area contributed by atoms with Crippen LogP contribution in [0.2, 0.25) is 0 Å². The molecule has 7 aromatic rings. The van der Waals surface area contributed by atoms with Gasteiger partial charge >= 0.3 is 29.8 Å². The van der Waals surface area contributed by atoms with Crippen molar-refractivity contribution in [3.8, 4) is 148 Å². The second kappa shape index (κ2) is 22.7. The first kappa shape index (κ1) is 65.0. The van der Waals surface area contributed by atoms with Crippen LogP contribution in [0, 0.1) is 0 Å².